The zero-order chi connectivity index (χ0) is 31.4. The van der Waals surface area contributed by atoms with Crippen LogP contribution >= 0.6 is 0 Å². The average Bonchev–Trinajstić information content (AvgIpc) is 3.58. The van der Waals surface area contributed by atoms with E-state index in [4.69, 9.17) is 0 Å². The first-order chi connectivity index (χ1) is 20.9. The van der Waals surface area contributed by atoms with Gasteiger partial charge in [0, 0.05) is 18.1 Å². The van der Waals surface area contributed by atoms with E-state index in [0.717, 1.165) is 89.3 Å². The molecule has 4 aromatic rings. The summed E-state index contributed by atoms with van der Waals surface area (Å²) in [5.41, 5.74) is 7.29. The van der Waals surface area contributed by atoms with Crippen molar-refractivity contribution >= 4 is 30.9 Å². The van der Waals surface area contributed by atoms with E-state index in [1.807, 2.05) is 64.1 Å². The Hall–Kier alpha value is -2.94. The van der Waals surface area contributed by atoms with E-state index in [1.54, 1.807) is 22.6 Å². The number of hydrogen-bond acceptors (Lipinski definition) is 4. The summed E-state index contributed by atoms with van der Waals surface area (Å²) >= 11 is 0. The fourth-order valence-electron chi connectivity index (χ4n) is 7.82. The summed E-state index contributed by atoms with van der Waals surface area (Å²) in [6, 6.07) is 14.6. The van der Waals surface area contributed by atoms with Crippen LogP contribution in [-0.4, -0.2) is 25.1 Å². The molecule has 8 heteroatoms. The largest absolute Gasteiger partial charge is 0.268 e. The van der Waals surface area contributed by atoms with Gasteiger partial charge >= 0.3 is 0 Å². The van der Waals surface area contributed by atoms with Gasteiger partial charge in [-0.2, -0.15) is 4.31 Å². The van der Waals surface area contributed by atoms with Crippen molar-refractivity contribution < 1.29 is 16.8 Å². The van der Waals surface area contributed by atoms with Crippen LogP contribution in [0.3, 0.4) is 0 Å². The summed E-state index contributed by atoms with van der Waals surface area (Å²) in [5.74, 6) is 0.228. The Morgan fingerprint density at radius 3 is 2.09 bits per heavy atom. The molecule has 6 nitrogen and oxygen atoms in total. The quantitative estimate of drug-likeness (QED) is 0.196. The highest BCUT2D eigenvalue weighted by Crippen LogP contribution is 2.50. The molecule has 2 heterocycles. The molecule has 234 valence electrons. The molecule has 1 saturated carbocycles. The number of aryl methyl sites for hydroxylation is 5. The molecule has 0 spiro atoms. The van der Waals surface area contributed by atoms with Gasteiger partial charge in [0.25, 0.3) is 10.0 Å². The number of unbranched alkanes of at least 4 members (excludes halogenated alkanes) is 1. The number of aromatic nitrogens is 1. The fourth-order valence-corrected chi connectivity index (χ4v) is 11.2. The molecule has 0 bridgehead atoms. The predicted molar refractivity (Wildman–Crippen MR) is 177 cm³/mol. The first-order valence-electron chi connectivity index (χ1n) is 16.0. The summed E-state index contributed by atoms with van der Waals surface area (Å²) < 4.78 is 60.5. The summed E-state index contributed by atoms with van der Waals surface area (Å²) in [6.07, 6.45) is 9.79. The number of nitrogens with zero attached hydrogens (tertiary/aromatic N) is 2. The topological polar surface area (TPSA) is 76.5 Å². The molecule has 0 unspecified atom stereocenters. The van der Waals surface area contributed by atoms with Crippen LogP contribution in [0, 0.1) is 33.6 Å². The minimum Gasteiger partial charge on any atom is -0.241 e. The number of benzene rings is 3. The summed E-state index contributed by atoms with van der Waals surface area (Å²) in [7, 11) is -7.68. The lowest BCUT2D eigenvalue weighted by Gasteiger charge is -2.35. The van der Waals surface area contributed by atoms with Gasteiger partial charge in [-0.15, -0.1) is 0 Å². The highest BCUT2D eigenvalue weighted by Gasteiger charge is 2.45. The molecule has 1 aromatic heterocycles. The SMILES string of the molecule is CCCCc1c2c(cc3c1ccn3S(=O)(=O)c1c(C)cc(C)cc1C)CN(S(=O)(=O)c1ccc(C)cc1)[C@@H]2C1CCCCC1. The van der Waals surface area contributed by atoms with Crippen LogP contribution in [0.25, 0.3) is 10.9 Å². The molecular formula is C36H44N2O4S2. The first-order valence-corrected chi connectivity index (χ1v) is 18.9. The zero-order valence-corrected chi connectivity index (χ0v) is 28.2. The Morgan fingerprint density at radius 1 is 0.795 bits per heavy atom. The van der Waals surface area contributed by atoms with Crippen molar-refractivity contribution in [3.63, 3.8) is 0 Å². The maximum absolute atomic E-state index is 14.4. The Kier molecular flexibility index (Phi) is 8.31. The van der Waals surface area contributed by atoms with Crippen LogP contribution < -0.4 is 0 Å². The number of sulfonamides is 1. The first kappa shape index (κ1) is 31.1. The van der Waals surface area contributed by atoms with Crippen LogP contribution in [0.2, 0.25) is 0 Å². The molecule has 1 atom stereocenters. The highest BCUT2D eigenvalue weighted by molar-refractivity contribution is 7.90. The lowest BCUT2D eigenvalue weighted by atomic mass is 9.79. The van der Waals surface area contributed by atoms with Crippen LogP contribution in [0.15, 0.2) is 64.5 Å². The molecule has 0 amide bonds. The zero-order valence-electron chi connectivity index (χ0n) is 26.6. The van der Waals surface area contributed by atoms with Gasteiger partial charge in [-0.25, -0.2) is 20.8 Å². The molecule has 44 heavy (non-hydrogen) atoms. The highest BCUT2D eigenvalue weighted by atomic mass is 32.2. The van der Waals surface area contributed by atoms with Gasteiger partial charge in [0.1, 0.15) is 0 Å². The molecule has 0 radical (unpaired) electrons. The maximum atomic E-state index is 14.4. The van der Waals surface area contributed by atoms with Gasteiger partial charge in [-0.05, 0) is 111 Å². The Balaban J connectivity index is 1.57. The maximum Gasteiger partial charge on any atom is 0.268 e. The number of fused-ring (bicyclic) bond motifs is 2. The van der Waals surface area contributed by atoms with Crippen molar-refractivity contribution in [3.05, 3.63) is 93.7 Å². The van der Waals surface area contributed by atoms with Gasteiger partial charge in [0.15, 0.2) is 0 Å². The summed E-state index contributed by atoms with van der Waals surface area (Å²) in [6.45, 7) is 10.0. The van der Waals surface area contributed by atoms with Crippen molar-refractivity contribution in [1.29, 1.82) is 0 Å². The van der Waals surface area contributed by atoms with Gasteiger partial charge in [0.05, 0.1) is 21.3 Å². The molecule has 1 aliphatic carbocycles. The van der Waals surface area contributed by atoms with E-state index in [9.17, 15) is 16.8 Å². The van der Waals surface area contributed by atoms with Crippen molar-refractivity contribution in [1.82, 2.24) is 8.28 Å². The molecule has 0 saturated heterocycles. The molecule has 2 aliphatic rings. The minimum absolute atomic E-state index is 0.228. The molecule has 0 N–H and O–H groups in total. The third-order valence-corrected chi connectivity index (χ3v) is 13.6. The summed E-state index contributed by atoms with van der Waals surface area (Å²) in [5, 5.41) is 0.915. The number of rotatable bonds is 8. The van der Waals surface area contributed by atoms with E-state index < -0.39 is 20.0 Å². The van der Waals surface area contributed by atoms with Gasteiger partial charge in [0.2, 0.25) is 10.0 Å². The molecular weight excluding hydrogens is 589 g/mol. The third kappa shape index (κ3) is 5.23. The second-order valence-electron chi connectivity index (χ2n) is 13.0. The molecule has 6 rings (SSSR count). The van der Waals surface area contributed by atoms with Crippen LogP contribution in [-0.2, 0) is 33.0 Å². The molecule has 1 fully saturated rings. The average molecular weight is 633 g/mol. The van der Waals surface area contributed by atoms with E-state index in [1.165, 1.54) is 10.4 Å². The van der Waals surface area contributed by atoms with Crippen molar-refractivity contribution in [2.24, 2.45) is 5.92 Å². The lowest BCUT2D eigenvalue weighted by molar-refractivity contribution is 0.207. The molecule has 1 aliphatic heterocycles. The Bertz CT molecular complexity index is 1910. The van der Waals surface area contributed by atoms with E-state index in [2.05, 4.69) is 6.92 Å². The predicted octanol–water partition coefficient (Wildman–Crippen LogP) is 8.28. The van der Waals surface area contributed by atoms with E-state index in [-0.39, 0.29) is 18.5 Å². The van der Waals surface area contributed by atoms with E-state index in [0.29, 0.717) is 15.3 Å². The van der Waals surface area contributed by atoms with E-state index >= 15 is 0 Å². The standard InChI is InChI=1S/C36H44N2O4S2/c1-6-7-13-32-31-18-19-37(44(41,42)36-26(4)20-25(3)21-27(36)5)33(31)22-29-23-38(35(34(29)32)28-11-9-8-10-12-28)43(39,40)30-16-14-24(2)15-17-30/h14-22,28,35H,6-13,23H2,1-5H3/t35-/m1/s1. The van der Waals surface area contributed by atoms with Crippen molar-refractivity contribution in [2.45, 2.75) is 108 Å². The van der Waals surface area contributed by atoms with Crippen molar-refractivity contribution in [2.75, 3.05) is 0 Å². The van der Waals surface area contributed by atoms with Gasteiger partial charge < -0.3 is 0 Å². The second-order valence-corrected chi connectivity index (χ2v) is 16.7. The normalized spacial score (nSPS) is 18.2. The lowest BCUT2D eigenvalue weighted by Crippen LogP contribution is -2.34. The van der Waals surface area contributed by atoms with Crippen LogP contribution in [0.5, 0.6) is 0 Å². The van der Waals surface area contributed by atoms with Gasteiger partial charge in [-0.1, -0.05) is 68.0 Å². The molecule has 3 aromatic carbocycles. The second kappa shape index (κ2) is 11.8. The van der Waals surface area contributed by atoms with Crippen LogP contribution in [0.1, 0.15) is 96.9 Å². The smallest absolute Gasteiger partial charge is 0.241 e. The third-order valence-electron chi connectivity index (χ3n) is 9.76. The van der Waals surface area contributed by atoms with Gasteiger partial charge in [-0.3, -0.25) is 0 Å². The minimum atomic E-state index is -3.89. The number of hydrogen-bond donors (Lipinski definition) is 0. The van der Waals surface area contributed by atoms with Crippen molar-refractivity contribution in [3.8, 4) is 0 Å². The summed E-state index contributed by atoms with van der Waals surface area (Å²) in [4.78, 5) is 0.647. The Morgan fingerprint density at radius 2 is 1.45 bits per heavy atom. The van der Waals surface area contributed by atoms with Crippen LogP contribution in [0.4, 0.5) is 0 Å². The monoisotopic (exact) mass is 632 g/mol. The Labute approximate surface area is 263 Å². The fraction of sp³-hybridized carbons (Fsp3) is 0.444.